The van der Waals surface area contributed by atoms with Crippen molar-refractivity contribution < 1.29 is 12.9 Å². The maximum absolute atomic E-state index is 12.3. The van der Waals surface area contributed by atoms with E-state index < -0.39 is 12.4 Å². The SMILES string of the molecule is Cc1c(C#N)cncc1[B-](F)(F)F. The molecule has 0 spiro atoms. The second-order valence-corrected chi connectivity index (χ2v) is 2.59. The number of hydrogen-bond donors (Lipinski definition) is 0. The van der Waals surface area contributed by atoms with Gasteiger partial charge in [-0.25, -0.2) is 0 Å². The highest BCUT2D eigenvalue weighted by Gasteiger charge is 2.28. The summed E-state index contributed by atoms with van der Waals surface area (Å²) in [6.07, 6.45) is 1.87. The van der Waals surface area contributed by atoms with Crippen LogP contribution >= 0.6 is 0 Å². The normalized spacial score (nSPS) is 11.0. The van der Waals surface area contributed by atoms with E-state index in [4.69, 9.17) is 5.26 Å². The predicted molar refractivity (Wildman–Crippen MR) is 42.4 cm³/mol. The average Bonchev–Trinajstić information content (AvgIpc) is 2.02. The van der Waals surface area contributed by atoms with E-state index in [1.54, 1.807) is 6.07 Å². The molecule has 1 rings (SSSR count). The molecule has 0 bridgehead atoms. The zero-order chi connectivity index (χ0) is 10.1. The first-order chi connectivity index (χ1) is 5.96. The molecule has 0 aliphatic carbocycles. The average molecular weight is 185 g/mol. The van der Waals surface area contributed by atoms with Gasteiger partial charge in [0.1, 0.15) is 6.07 Å². The first-order valence-corrected chi connectivity index (χ1v) is 3.51. The van der Waals surface area contributed by atoms with Crippen LogP contribution in [0.1, 0.15) is 11.1 Å². The molecule has 0 amide bonds. The summed E-state index contributed by atoms with van der Waals surface area (Å²) in [7, 11) is 0. The van der Waals surface area contributed by atoms with E-state index in [0.29, 0.717) is 0 Å². The van der Waals surface area contributed by atoms with E-state index in [9.17, 15) is 12.9 Å². The fourth-order valence-electron chi connectivity index (χ4n) is 0.984. The fourth-order valence-corrected chi connectivity index (χ4v) is 0.984. The highest BCUT2D eigenvalue weighted by atomic mass is 19.4. The van der Waals surface area contributed by atoms with Crippen LogP contribution in [0.5, 0.6) is 0 Å². The molecule has 0 saturated heterocycles. The number of nitriles is 1. The number of nitrogens with zero attached hydrogens (tertiary/aromatic N) is 2. The topological polar surface area (TPSA) is 36.7 Å². The van der Waals surface area contributed by atoms with Crippen molar-refractivity contribution in [3.05, 3.63) is 23.5 Å². The molecule has 1 heterocycles. The van der Waals surface area contributed by atoms with Crippen LogP contribution in [0.2, 0.25) is 0 Å². The summed E-state index contributed by atoms with van der Waals surface area (Å²) in [6, 6.07) is 1.66. The number of rotatable bonds is 1. The fraction of sp³-hybridized carbons (Fsp3) is 0.143. The molecular weight excluding hydrogens is 180 g/mol. The molecule has 0 unspecified atom stereocenters. The molecule has 13 heavy (non-hydrogen) atoms. The van der Waals surface area contributed by atoms with Crippen LogP contribution in [-0.2, 0) is 0 Å². The number of aromatic nitrogens is 1. The Morgan fingerprint density at radius 3 is 2.46 bits per heavy atom. The Morgan fingerprint density at radius 1 is 1.38 bits per heavy atom. The third-order valence-corrected chi connectivity index (χ3v) is 1.73. The van der Waals surface area contributed by atoms with Crippen molar-refractivity contribution in [2.75, 3.05) is 0 Å². The summed E-state index contributed by atoms with van der Waals surface area (Å²) >= 11 is 0. The Hall–Kier alpha value is -1.51. The van der Waals surface area contributed by atoms with Crippen molar-refractivity contribution in [2.24, 2.45) is 0 Å². The molecule has 6 heteroatoms. The molecule has 2 nitrogen and oxygen atoms in total. The van der Waals surface area contributed by atoms with Gasteiger partial charge in [-0.3, -0.25) is 4.98 Å². The van der Waals surface area contributed by atoms with E-state index in [-0.39, 0.29) is 11.1 Å². The van der Waals surface area contributed by atoms with Crippen molar-refractivity contribution in [3.8, 4) is 6.07 Å². The Bertz CT molecular complexity index is 367. The van der Waals surface area contributed by atoms with Gasteiger partial charge in [-0.1, -0.05) is 11.0 Å². The van der Waals surface area contributed by atoms with Gasteiger partial charge in [0, 0.05) is 12.4 Å². The maximum atomic E-state index is 12.3. The Morgan fingerprint density at radius 2 is 2.00 bits per heavy atom. The van der Waals surface area contributed by atoms with Gasteiger partial charge < -0.3 is 12.9 Å². The molecule has 0 aliphatic rings. The molecule has 0 atom stereocenters. The highest BCUT2D eigenvalue weighted by Crippen LogP contribution is 2.12. The van der Waals surface area contributed by atoms with Crippen LogP contribution in [0, 0.1) is 18.3 Å². The minimum atomic E-state index is -5.07. The van der Waals surface area contributed by atoms with Crippen molar-refractivity contribution in [1.29, 1.82) is 5.26 Å². The molecule has 0 aliphatic heterocycles. The van der Waals surface area contributed by atoms with Crippen LogP contribution in [0.25, 0.3) is 0 Å². The summed E-state index contributed by atoms with van der Waals surface area (Å²) in [4.78, 5) is 3.36. The first kappa shape index (κ1) is 9.58. The van der Waals surface area contributed by atoms with Gasteiger partial charge in [0.05, 0.1) is 5.56 Å². The number of halogens is 3. The second-order valence-electron chi connectivity index (χ2n) is 2.59. The number of pyridine rings is 1. The number of hydrogen-bond acceptors (Lipinski definition) is 2. The lowest BCUT2D eigenvalue weighted by Crippen LogP contribution is -2.36. The lowest BCUT2D eigenvalue weighted by Gasteiger charge is -2.17. The van der Waals surface area contributed by atoms with Crippen molar-refractivity contribution in [2.45, 2.75) is 6.92 Å². The third-order valence-electron chi connectivity index (χ3n) is 1.73. The van der Waals surface area contributed by atoms with Gasteiger partial charge >= 0.3 is 6.98 Å². The quantitative estimate of drug-likeness (QED) is 0.618. The largest absolute Gasteiger partial charge is 0.511 e. The molecule has 1 aromatic rings. The van der Waals surface area contributed by atoms with E-state index in [0.717, 1.165) is 12.4 Å². The summed E-state index contributed by atoms with van der Waals surface area (Å²) in [6.45, 7) is -3.80. The van der Waals surface area contributed by atoms with Gasteiger partial charge in [-0.2, -0.15) is 5.26 Å². The lowest BCUT2D eigenvalue weighted by atomic mass is 9.77. The van der Waals surface area contributed by atoms with E-state index in [1.165, 1.54) is 6.92 Å². The Labute approximate surface area is 73.1 Å². The maximum Gasteiger partial charge on any atom is 0.511 e. The van der Waals surface area contributed by atoms with Gasteiger partial charge in [0.15, 0.2) is 0 Å². The van der Waals surface area contributed by atoms with Crippen LogP contribution in [-0.4, -0.2) is 12.0 Å². The van der Waals surface area contributed by atoms with Crippen LogP contribution in [0.3, 0.4) is 0 Å². The minimum absolute atomic E-state index is 0.0308. The van der Waals surface area contributed by atoms with Gasteiger partial charge in [-0.15, -0.1) is 0 Å². The summed E-state index contributed by atoms with van der Waals surface area (Å²) in [5.41, 5.74) is -0.874. The smallest absolute Gasteiger partial charge is 0.445 e. The molecule has 1 aromatic heterocycles. The highest BCUT2D eigenvalue weighted by molar-refractivity contribution is 6.74. The minimum Gasteiger partial charge on any atom is -0.445 e. The first-order valence-electron chi connectivity index (χ1n) is 3.51. The molecule has 0 aromatic carbocycles. The Kier molecular flexibility index (Phi) is 2.28. The van der Waals surface area contributed by atoms with Gasteiger partial charge in [-0.05, 0) is 6.92 Å². The van der Waals surface area contributed by atoms with Crippen LogP contribution in [0.15, 0.2) is 12.4 Å². The summed E-state index contributed by atoms with van der Waals surface area (Å²) in [5.74, 6) is 0. The predicted octanol–water partition coefficient (Wildman–Crippen LogP) is 1.32. The van der Waals surface area contributed by atoms with Crippen molar-refractivity contribution >= 4 is 12.4 Å². The van der Waals surface area contributed by atoms with E-state index in [1.807, 2.05) is 0 Å². The standard InChI is InChI=1S/C7H5BF3N2/c1-5-6(2-12)3-13-4-7(5)8(9,10)11/h3-4H,1H3/q-1. The third kappa shape index (κ3) is 1.80. The molecule has 0 radical (unpaired) electrons. The van der Waals surface area contributed by atoms with Crippen molar-refractivity contribution in [3.63, 3.8) is 0 Å². The summed E-state index contributed by atoms with van der Waals surface area (Å²) < 4.78 is 36.8. The van der Waals surface area contributed by atoms with E-state index in [2.05, 4.69) is 4.98 Å². The summed E-state index contributed by atoms with van der Waals surface area (Å²) in [5, 5.41) is 8.46. The van der Waals surface area contributed by atoms with E-state index >= 15 is 0 Å². The monoisotopic (exact) mass is 185 g/mol. The van der Waals surface area contributed by atoms with Crippen LogP contribution in [0.4, 0.5) is 12.9 Å². The zero-order valence-electron chi connectivity index (χ0n) is 6.76. The van der Waals surface area contributed by atoms with Gasteiger partial charge in [0.25, 0.3) is 0 Å². The second kappa shape index (κ2) is 3.09. The molecule has 0 saturated carbocycles. The molecule has 0 fully saturated rings. The molecular formula is C7H5BF3N2-. The van der Waals surface area contributed by atoms with Crippen LogP contribution < -0.4 is 5.46 Å². The van der Waals surface area contributed by atoms with Crippen molar-refractivity contribution in [1.82, 2.24) is 4.98 Å². The van der Waals surface area contributed by atoms with Gasteiger partial charge in [0.2, 0.25) is 0 Å². The molecule has 0 N–H and O–H groups in total. The zero-order valence-corrected chi connectivity index (χ0v) is 6.76. The Balaban J connectivity index is 3.34. The lowest BCUT2D eigenvalue weighted by molar-refractivity contribution is 0.500. The molecule has 68 valence electrons.